The monoisotopic (exact) mass is 137 g/mol. The van der Waals surface area contributed by atoms with Crippen LogP contribution in [0, 0.1) is 11.3 Å². The van der Waals surface area contributed by atoms with Gasteiger partial charge in [-0.2, -0.15) is 13.7 Å². The Morgan fingerprint density at radius 1 is 1.75 bits per heavy atom. The molecule has 0 aliphatic carbocycles. The molecule has 6 heteroatoms. The van der Waals surface area contributed by atoms with E-state index in [1.807, 2.05) is 0 Å². The molecule has 46 valence electrons. The molecule has 5 nitrogen and oxygen atoms in total. The Morgan fingerprint density at radius 3 is 2.38 bits per heavy atom. The molecule has 0 bridgehead atoms. The lowest BCUT2D eigenvalue weighted by atomic mass is 10.9. The SMILES string of the molecule is N#CCOS(=O)(=O)O. The Labute approximate surface area is 46.4 Å². The molecule has 0 unspecified atom stereocenters. The van der Waals surface area contributed by atoms with Crippen molar-refractivity contribution in [1.29, 1.82) is 5.26 Å². The third-order valence-electron chi connectivity index (χ3n) is 0.272. The topological polar surface area (TPSA) is 87.4 Å². The minimum Gasteiger partial charge on any atom is -0.264 e. The predicted octanol–water partition coefficient (Wildman–Crippen LogP) is -0.671. The fraction of sp³-hybridized carbons (Fsp3) is 0.500. The highest BCUT2D eigenvalue weighted by Crippen LogP contribution is 1.81. The van der Waals surface area contributed by atoms with Gasteiger partial charge in [0.15, 0.2) is 6.61 Å². The van der Waals surface area contributed by atoms with Gasteiger partial charge >= 0.3 is 10.4 Å². The standard InChI is InChI=1S/C2H3NO4S/c3-1-2-7-8(4,5)6/h2H2,(H,4,5,6). The Morgan fingerprint density at radius 2 is 2.25 bits per heavy atom. The molecule has 0 radical (unpaired) electrons. The number of hydrogen-bond acceptors (Lipinski definition) is 4. The first-order valence-corrected chi connectivity index (χ1v) is 2.91. The molecule has 0 aliphatic rings. The summed E-state index contributed by atoms with van der Waals surface area (Å²) in [4.78, 5) is 0. The Hall–Kier alpha value is -0.640. The molecule has 0 saturated carbocycles. The molecule has 0 aromatic heterocycles. The van der Waals surface area contributed by atoms with Gasteiger partial charge < -0.3 is 0 Å². The fourth-order valence-corrected chi connectivity index (χ4v) is 0.302. The summed E-state index contributed by atoms with van der Waals surface area (Å²) in [6, 6.07) is 1.36. The van der Waals surface area contributed by atoms with E-state index in [1.54, 1.807) is 0 Å². The van der Waals surface area contributed by atoms with E-state index in [0.717, 1.165) is 0 Å². The molecular formula is C2H3NO4S. The molecule has 0 amide bonds. The van der Waals surface area contributed by atoms with Crippen molar-refractivity contribution in [2.75, 3.05) is 6.61 Å². The maximum atomic E-state index is 9.57. The lowest BCUT2D eigenvalue weighted by molar-refractivity contribution is 0.299. The second kappa shape index (κ2) is 2.61. The highest BCUT2D eigenvalue weighted by molar-refractivity contribution is 7.80. The molecule has 0 atom stereocenters. The van der Waals surface area contributed by atoms with Crippen molar-refractivity contribution in [3.05, 3.63) is 0 Å². The zero-order valence-corrected chi connectivity index (χ0v) is 4.55. The van der Waals surface area contributed by atoms with Gasteiger partial charge in [0.1, 0.15) is 0 Å². The van der Waals surface area contributed by atoms with Gasteiger partial charge in [-0.1, -0.05) is 0 Å². The number of rotatable bonds is 2. The minimum absolute atomic E-state index is 0.654. The van der Waals surface area contributed by atoms with Crippen LogP contribution in [0.1, 0.15) is 0 Å². The highest BCUT2D eigenvalue weighted by Gasteiger charge is 2.00. The number of nitrogens with zero attached hydrogens (tertiary/aromatic N) is 1. The second-order valence-electron chi connectivity index (χ2n) is 0.848. The molecule has 0 aromatic carbocycles. The van der Waals surface area contributed by atoms with Crippen LogP contribution in [0.3, 0.4) is 0 Å². The van der Waals surface area contributed by atoms with E-state index in [-0.39, 0.29) is 0 Å². The summed E-state index contributed by atoms with van der Waals surface area (Å²) >= 11 is 0. The van der Waals surface area contributed by atoms with E-state index < -0.39 is 17.0 Å². The summed E-state index contributed by atoms with van der Waals surface area (Å²) in [5.41, 5.74) is 0. The maximum absolute atomic E-state index is 9.57. The first-order chi connectivity index (χ1) is 3.56. The summed E-state index contributed by atoms with van der Waals surface area (Å²) in [5.74, 6) is 0. The number of nitriles is 1. The van der Waals surface area contributed by atoms with Gasteiger partial charge in [0.05, 0.1) is 6.07 Å². The fourth-order valence-electron chi connectivity index (χ4n) is 0.101. The van der Waals surface area contributed by atoms with Crippen LogP contribution >= 0.6 is 0 Å². The highest BCUT2D eigenvalue weighted by atomic mass is 32.3. The lowest BCUT2D eigenvalue weighted by Gasteiger charge is -1.87. The summed E-state index contributed by atoms with van der Waals surface area (Å²) in [6.45, 7) is -0.654. The van der Waals surface area contributed by atoms with Gasteiger partial charge in [-0.3, -0.25) is 4.55 Å². The summed E-state index contributed by atoms with van der Waals surface area (Å²) in [7, 11) is -4.41. The third kappa shape index (κ3) is 5.36. The van der Waals surface area contributed by atoms with Crippen LogP contribution in [-0.2, 0) is 14.6 Å². The van der Waals surface area contributed by atoms with Crippen LogP contribution in [0.4, 0.5) is 0 Å². The van der Waals surface area contributed by atoms with Gasteiger partial charge in [-0.15, -0.1) is 0 Å². The molecule has 0 heterocycles. The lowest BCUT2D eigenvalue weighted by Crippen LogP contribution is -2.02. The Kier molecular flexibility index (Phi) is 2.41. The smallest absolute Gasteiger partial charge is 0.264 e. The quantitative estimate of drug-likeness (QED) is 0.510. The Balaban J connectivity index is 3.63. The molecule has 0 aromatic rings. The van der Waals surface area contributed by atoms with Crippen molar-refractivity contribution < 1.29 is 17.2 Å². The van der Waals surface area contributed by atoms with Gasteiger partial charge in [-0.25, -0.2) is 4.18 Å². The van der Waals surface area contributed by atoms with Crippen molar-refractivity contribution >= 4 is 10.4 Å². The van der Waals surface area contributed by atoms with Crippen LogP contribution in [0.2, 0.25) is 0 Å². The average molecular weight is 137 g/mol. The van der Waals surface area contributed by atoms with Crippen LogP contribution in [0.15, 0.2) is 0 Å². The van der Waals surface area contributed by atoms with E-state index in [9.17, 15) is 8.42 Å². The molecule has 8 heavy (non-hydrogen) atoms. The van der Waals surface area contributed by atoms with E-state index in [2.05, 4.69) is 4.18 Å². The second-order valence-corrected chi connectivity index (χ2v) is 1.94. The van der Waals surface area contributed by atoms with Gasteiger partial charge in [-0.05, 0) is 0 Å². The van der Waals surface area contributed by atoms with Crippen LogP contribution in [-0.4, -0.2) is 19.6 Å². The van der Waals surface area contributed by atoms with Gasteiger partial charge in [0, 0.05) is 0 Å². The molecule has 0 fully saturated rings. The van der Waals surface area contributed by atoms with E-state index in [4.69, 9.17) is 9.81 Å². The first kappa shape index (κ1) is 7.36. The van der Waals surface area contributed by atoms with Crippen LogP contribution < -0.4 is 0 Å². The van der Waals surface area contributed by atoms with E-state index in [1.165, 1.54) is 6.07 Å². The van der Waals surface area contributed by atoms with E-state index >= 15 is 0 Å². The molecule has 1 N–H and O–H groups in total. The summed E-state index contributed by atoms with van der Waals surface area (Å²) in [6.07, 6.45) is 0. The average Bonchev–Trinajstić information content (AvgIpc) is 1.59. The van der Waals surface area contributed by atoms with E-state index in [0.29, 0.717) is 0 Å². The largest absolute Gasteiger partial charge is 0.398 e. The van der Waals surface area contributed by atoms with Crippen molar-refractivity contribution in [1.82, 2.24) is 0 Å². The van der Waals surface area contributed by atoms with Gasteiger partial charge in [0.25, 0.3) is 0 Å². The number of hydrogen-bond donors (Lipinski definition) is 1. The predicted molar refractivity (Wildman–Crippen MR) is 23.1 cm³/mol. The zero-order valence-electron chi connectivity index (χ0n) is 3.73. The van der Waals surface area contributed by atoms with Crippen molar-refractivity contribution in [2.45, 2.75) is 0 Å². The minimum atomic E-state index is -4.41. The molecular weight excluding hydrogens is 134 g/mol. The molecule has 0 rings (SSSR count). The maximum Gasteiger partial charge on any atom is 0.398 e. The molecule has 0 aliphatic heterocycles. The summed E-state index contributed by atoms with van der Waals surface area (Å²) in [5, 5.41) is 7.68. The van der Waals surface area contributed by atoms with Crippen molar-refractivity contribution in [3.63, 3.8) is 0 Å². The van der Waals surface area contributed by atoms with Crippen molar-refractivity contribution in [2.24, 2.45) is 0 Å². The normalized spacial score (nSPS) is 10.5. The van der Waals surface area contributed by atoms with Crippen LogP contribution in [0.25, 0.3) is 0 Å². The molecule has 0 spiro atoms. The zero-order chi connectivity index (χ0) is 6.62. The Bertz CT molecular complexity index is 187. The van der Waals surface area contributed by atoms with Crippen molar-refractivity contribution in [3.8, 4) is 6.07 Å². The third-order valence-corrected chi connectivity index (χ3v) is 0.688. The first-order valence-electron chi connectivity index (χ1n) is 1.55. The molecule has 0 saturated heterocycles. The van der Waals surface area contributed by atoms with Gasteiger partial charge in [0.2, 0.25) is 0 Å². The van der Waals surface area contributed by atoms with Crippen LogP contribution in [0.5, 0.6) is 0 Å². The summed E-state index contributed by atoms with van der Waals surface area (Å²) < 4.78 is 30.4.